The minimum atomic E-state index is -0.523. The molecule has 0 rings (SSSR count). The van der Waals surface area contributed by atoms with Crippen LogP contribution in [0.15, 0.2) is 12.2 Å². The Labute approximate surface area is 104 Å². The molecule has 16 heavy (non-hydrogen) atoms. The van der Waals surface area contributed by atoms with E-state index in [-0.39, 0.29) is 0 Å². The smallest absolute Gasteiger partial charge is 0.204 e. The summed E-state index contributed by atoms with van der Waals surface area (Å²) in [4.78, 5) is 0. The van der Waals surface area contributed by atoms with Crippen molar-refractivity contribution < 1.29 is 4.43 Å². The van der Waals surface area contributed by atoms with Gasteiger partial charge in [-0.3, -0.25) is 0 Å². The zero-order valence-corrected chi connectivity index (χ0v) is 12.6. The minimum Gasteiger partial charge on any atom is -0.417 e. The van der Waals surface area contributed by atoms with E-state index in [0.29, 0.717) is 5.92 Å². The Balaban J connectivity index is 3.83. The van der Waals surface area contributed by atoms with Gasteiger partial charge < -0.3 is 4.43 Å². The molecule has 0 heterocycles. The van der Waals surface area contributed by atoms with Gasteiger partial charge in [0.05, 0.1) is 0 Å². The molecule has 0 amide bonds. The van der Waals surface area contributed by atoms with Crippen LogP contribution in [0.1, 0.15) is 52.4 Å². The molecule has 1 radical (unpaired) electrons. The molecule has 95 valence electrons. The molecule has 1 nitrogen and oxygen atoms in total. The largest absolute Gasteiger partial charge is 0.417 e. The van der Waals surface area contributed by atoms with Crippen molar-refractivity contribution in [1.29, 1.82) is 0 Å². The molecule has 0 saturated heterocycles. The summed E-state index contributed by atoms with van der Waals surface area (Å²) >= 11 is 0. The maximum Gasteiger partial charge on any atom is 0.204 e. The van der Waals surface area contributed by atoms with E-state index in [1.807, 2.05) is 0 Å². The highest BCUT2D eigenvalue weighted by Gasteiger charge is 2.06. The lowest BCUT2D eigenvalue weighted by molar-refractivity contribution is 0.271. The first-order valence-corrected chi connectivity index (χ1v) is 9.21. The maximum atomic E-state index is 5.81. The molecule has 0 aromatic rings. The van der Waals surface area contributed by atoms with E-state index in [2.05, 4.69) is 39.1 Å². The van der Waals surface area contributed by atoms with Gasteiger partial charge in [-0.1, -0.05) is 51.7 Å². The first-order chi connectivity index (χ1) is 7.70. The van der Waals surface area contributed by atoms with Gasteiger partial charge in [-0.2, -0.15) is 0 Å². The van der Waals surface area contributed by atoms with Crippen LogP contribution in [0.5, 0.6) is 0 Å². The lowest BCUT2D eigenvalue weighted by Gasteiger charge is -2.14. The molecule has 0 aromatic carbocycles. The van der Waals surface area contributed by atoms with Crippen LogP contribution in [0, 0.1) is 5.92 Å². The minimum absolute atomic E-state index is 0.523. The number of unbranched alkanes of at least 4 members (excludes halogenated alkanes) is 3. The van der Waals surface area contributed by atoms with Gasteiger partial charge >= 0.3 is 0 Å². The first-order valence-electron chi connectivity index (χ1n) is 6.80. The average molecular weight is 241 g/mol. The summed E-state index contributed by atoms with van der Waals surface area (Å²) in [5, 5.41) is 0. The number of hydrogen-bond donors (Lipinski definition) is 0. The van der Waals surface area contributed by atoms with Crippen molar-refractivity contribution in [2.45, 2.75) is 65.5 Å². The van der Waals surface area contributed by atoms with E-state index in [9.17, 15) is 0 Å². The Morgan fingerprint density at radius 3 is 2.38 bits per heavy atom. The number of hydrogen-bond acceptors (Lipinski definition) is 1. The third kappa shape index (κ3) is 10.4. The van der Waals surface area contributed by atoms with Crippen LogP contribution in [-0.2, 0) is 4.43 Å². The van der Waals surface area contributed by atoms with Crippen LogP contribution in [-0.4, -0.2) is 15.6 Å². The van der Waals surface area contributed by atoms with Gasteiger partial charge in [0.1, 0.15) is 0 Å². The van der Waals surface area contributed by atoms with Gasteiger partial charge in [0.25, 0.3) is 0 Å². The molecule has 0 spiro atoms. The molecule has 0 fully saturated rings. The predicted octanol–water partition coefficient (Wildman–Crippen LogP) is 4.81. The topological polar surface area (TPSA) is 9.23 Å². The van der Waals surface area contributed by atoms with E-state index in [0.717, 1.165) is 6.61 Å². The molecule has 0 aliphatic carbocycles. The van der Waals surface area contributed by atoms with E-state index in [1.165, 1.54) is 38.5 Å². The molecular formula is C14H29OSi. The highest BCUT2D eigenvalue weighted by atomic mass is 28.3. The van der Waals surface area contributed by atoms with Crippen LogP contribution in [0.4, 0.5) is 0 Å². The molecule has 0 aromatic heterocycles. The Kier molecular flexibility index (Phi) is 11.3. The molecular weight excluding hydrogens is 212 g/mol. The third-order valence-corrected chi connectivity index (χ3v) is 3.39. The van der Waals surface area contributed by atoms with E-state index >= 15 is 0 Å². The standard InChI is InChI=1S/C14H29OSi/c1-5-7-9-10-12-14(11-8-6-2)13-15-16(3)4/h10,12,14H,5-9,11,13H2,1-4H3/b12-10+. The van der Waals surface area contributed by atoms with Crippen LogP contribution in [0.25, 0.3) is 0 Å². The summed E-state index contributed by atoms with van der Waals surface area (Å²) in [6.07, 6.45) is 12.5. The fourth-order valence-corrected chi connectivity index (χ4v) is 2.13. The summed E-state index contributed by atoms with van der Waals surface area (Å²) in [5.74, 6) is 0.650. The second kappa shape index (κ2) is 11.4. The molecule has 1 unspecified atom stereocenters. The number of allylic oxidation sites excluding steroid dienone is 1. The van der Waals surface area contributed by atoms with Crippen LogP contribution >= 0.6 is 0 Å². The highest BCUT2D eigenvalue weighted by Crippen LogP contribution is 2.12. The third-order valence-electron chi connectivity index (χ3n) is 2.65. The number of rotatable bonds is 10. The average Bonchev–Trinajstić information content (AvgIpc) is 2.26. The molecule has 0 N–H and O–H groups in total. The van der Waals surface area contributed by atoms with Gasteiger partial charge in [-0.25, -0.2) is 0 Å². The van der Waals surface area contributed by atoms with E-state index < -0.39 is 9.04 Å². The van der Waals surface area contributed by atoms with Crippen molar-refractivity contribution in [2.24, 2.45) is 5.92 Å². The molecule has 0 aliphatic rings. The van der Waals surface area contributed by atoms with Gasteiger partial charge in [0.15, 0.2) is 0 Å². The van der Waals surface area contributed by atoms with Crippen molar-refractivity contribution in [3.05, 3.63) is 12.2 Å². The SMILES string of the molecule is CCCC/C=C/C(CCCC)CO[Si](C)C. The van der Waals surface area contributed by atoms with Crippen molar-refractivity contribution in [1.82, 2.24) is 0 Å². The second-order valence-corrected chi connectivity index (χ2v) is 6.80. The van der Waals surface area contributed by atoms with Gasteiger partial charge in [-0.05, 0) is 31.9 Å². The lowest BCUT2D eigenvalue weighted by Crippen LogP contribution is -2.15. The normalized spacial score (nSPS) is 13.8. The molecule has 0 saturated carbocycles. The molecule has 1 atom stereocenters. The summed E-state index contributed by atoms with van der Waals surface area (Å²) < 4.78 is 5.81. The zero-order chi connectivity index (χ0) is 12.2. The lowest BCUT2D eigenvalue weighted by atomic mass is 10.0. The summed E-state index contributed by atoms with van der Waals surface area (Å²) in [6, 6.07) is 0. The predicted molar refractivity (Wildman–Crippen MR) is 75.1 cm³/mol. The monoisotopic (exact) mass is 241 g/mol. The summed E-state index contributed by atoms with van der Waals surface area (Å²) in [5.41, 5.74) is 0. The van der Waals surface area contributed by atoms with Gasteiger partial charge in [0, 0.05) is 6.61 Å². The first kappa shape index (κ1) is 15.9. The van der Waals surface area contributed by atoms with Crippen molar-refractivity contribution in [2.75, 3.05) is 6.61 Å². The Morgan fingerprint density at radius 1 is 1.12 bits per heavy atom. The molecule has 0 bridgehead atoms. The summed E-state index contributed by atoms with van der Waals surface area (Å²) in [6.45, 7) is 9.86. The molecule has 2 heteroatoms. The zero-order valence-electron chi connectivity index (χ0n) is 11.6. The molecule has 0 aliphatic heterocycles. The summed E-state index contributed by atoms with van der Waals surface area (Å²) in [7, 11) is -0.523. The Bertz CT molecular complexity index is 166. The maximum absolute atomic E-state index is 5.81. The van der Waals surface area contributed by atoms with Crippen LogP contribution in [0.3, 0.4) is 0 Å². The van der Waals surface area contributed by atoms with E-state index in [4.69, 9.17) is 4.43 Å². The Hall–Kier alpha value is -0.0831. The second-order valence-electron chi connectivity index (χ2n) is 4.69. The highest BCUT2D eigenvalue weighted by molar-refractivity contribution is 6.48. The Morgan fingerprint density at radius 2 is 1.81 bits per heavy atom. The van der Waals surface area contributed by atoms with Crippen LogP contribution < -0.4 is 0 Å². The van der Waals surface area contributed by atoms with Gasteiger partial charge in [0.2, 0.25) is 9.04 Å². The van der Waals surface area contributed by atoms with Crippen molar-refractivity contribution in [3.63, 3.8) is 0 Å². The quantitative estimate of drug-likeness (QED) is 0.303. The fourth-order valence-electron chi connectivity index (χ4n) is 1.59. The van der Waals surface area contributed by atoms with Crippen LogP contribution in [0.2, 0.25) is 13.1 Å². The van der Waals surface area contributed by atoms with Crippen molar-refractivity contribution >= 4 is 9.04 Å². The van der Waals surface area contributed by atoms with Gasteiger partial charge in [-0.15, -0.1) is 0 Å². The van der Waals surface area contributed by atoms with Crippen molar-refractivity contribution in [3.8, 4) is 0 Å². The van der Waals surface area contributed by atoms with E-state index in [1.54, 1.807) is 0 Å². The fraction of sp³-hybridized carbons (Fsp3) is 0.857.